The number of aryl methyl sites for hydroxylation is 2. The Morgan fingerprint density at radius 1 is 0.792 bits per heavy atom. The summed E-state index contributed by atoms with van der Waals surface area (Å²) in [5.74, 6) is 1.06. The fourth-order valence-electron chi connectivity index (χ4n) is 2.96. The van der Waals surface area contributed by atoms with Gasteiger partial charge in [-0.1, -0.05) is 62.4 Å². The summed E-state index contributed by atoms with van der Waals surface area (Å²) in [7, 11) is 0. The number of likely N-dealkylation sites (N-methyl/N-ethyl adjacent to an activating group) is 1. The van der Waals surface area contributed by atoms with Crippen molar-refractivity contribution >= 4 is 0 Å². The van der Waals surface area contributed by atoms with Crippen LogP contribution in [0.4, 0.5) is 0 Å². The largest absolute Gasteiger partial charge is 0.492 e. The highest BCUT2D eigenvalue weighted by Crippen LogP contribution is 2.20. The maximum atomic E-state index is 6.04. The predicted molar refractivity (Wildman–Crippen MR) is 103 cm³/mol. The molecule has 0 saturated carbocycles. The number of rotatable bonds is 11. The fourth-order valence-corrected chi connectivity index (χ4v) is 2.96. The maximum Gasteiger partial charge on any atom is 0.122 e. The molecule has 0 fully saturated rings. The van der Waals surface area contributed by atoms with Crippen molar-refractivity contribution in [3.8, 4) is 5.75 Å². The van der Waals surface area contributed by atoms with Gasteiger partial charge >= 0.3 is 0 Å². The lowest BCUT2D eigenvalue weighted by Crippen LogP contribution is -2.28. The summed E-state index contributed by atoms with van der Waals surface area (Å²) in [6, 6.07) is 19.2. The number of nitrogens with zero attached hydrogens (tertiary/aromatic N) is 1. The van der Waals surface area contributed by atoms with E-state index < -0.39 is 0 Å². The second-order valence-electron chi connectivity index (χ2n) is 6.18. The number of unbranched alkanes of at least 4 members (excludes halogenated alkanes) is 1. The Balaban J connectivity index is 1.76. The van der Waals surface area contributed by atoms with E-state index in [0.29, 0.717) is 0 Å². The number of benzene rings is 2. The van der Waals surface area contributed by atoms with Gasteiger partial charge in [-0.25, -0.2) is 0 Å². The highest BCUT2D eigenvalue weighted by atomic mass is 16.5. The number of hydrogen-bond donors (Lipinski definition) is 0. The summed E-state index contributed by atoms with van der Waals surface area (Å²) in [6.07, 6.45) is 4.67. The van der Waals surface area contributed by atoms with E-state index in [1.807, 2.05) is 0 Å². The highest BCUT2D eigenvalue weighted by Gasteiger charge is 2.04. The van der Waals surface area contributed by atoms with Crippen LogP contribution in [0.1, 0.15) is 37.8 Å². The van der Waals surface area contributed by atoms with E-state index in [0.717, 1.165) is 44.8 Å². The minimum absolute atomic E-state index is 0.767. The first-order chi connectivity index (χ1) is 11.8. The first kappa shape index (κ1) is 18.5. The molecule has 0 heterocycles. The molecule has 0 radical (unpaired) electrons. The third-order valence-electron chi connectivity index (χ3n) is 4.54. The van der Waals surface area contributed by atoms with Gasteiger partial charge in [0.05, 0.1) is 0 Å². The molecule has 24 heavy (non-hydrogen) atoms. The van der Waals surface area contributed by atoms with Crippen molar-refractivity contribution < 1.29 is 4.74 Å². The summed E-state index contributed by atoms with van der Waals surface area (Å²) in [6.45, 7) is 8.33. The molecule has 0 aromatic heterocycles. The summed E-state index contributed by atoms with van der Waals surface area (Å²) in [4.78, 5) is 2.39. The second kappa shape index (κ2) is 10.9. The Morgan fingerprint density at radius 3 is 2.21 bits per heavy atom. The SMILES string of the molecule is CCN(CC)CCOc1ccccc1CCCCc1ccccc1. The molecule has 2 rings (SSSR count). The van der Waals surface area contributed by atoms with E-state index in [2.05, 4.69) is 73.3 Å². The van der Waals surface area contributed by atoms with Crippen molar-refractivity contribution in [2.45, 2.75) is 39.5 Å². The van der Waals surface area contributed by atoms with Crippen molar-refractivity contribution in [2.24, 2.45) is 0 Å². The molecule has 130 valence electrons. The van der Waals surface area contributed by atoms with E-state index in [-0.39, 0.29) is 0 Å². The topological polar surface area (TPSA) is 12.5 Å². The van der Waals surface area contributed by atoms with Crippen LogP contribution in [-0.2, 0) is 12.8 Å². The predicted octanol–water partition coefficient (Wildman–Crippen LogP) is 4.97. The molecule has 0 spiro atoms. The average Bonchev–Trinajstić information content (AvgIpc) is 2.64. The molecule has 0 aliphatic heterocycles. The molecule has 2 heteroatoms. The van der Waals surface area contributed by atoms with Crippen LogP contribution < -0.4 is 4.74 Å². The lowest BCUT2D eigenvalue weighted by atomic mass is 10.0. The lowest BCUT2D eigenvalue weighted by molar-refractivity contribution is 0.221. The van der Waals surface area contributed by atoms with E-state index in [1.54, 1.807) is 0 Å². The lowest BCUT2D eigenvalue weighted by Gasteiger charge is -2.19. The average molecular weight is 325 g/mol. The first-order valence-electron chi connectivity index (χ1n) is 9.30. The van der Waals surface area contributed by atoms with Crippen LogP contribution in [0.2, 0.25) is 0 Å². The van der Waals surface area contributed by atoms with Gasteiger partial charge in [-0.3, -0.25) is 0 Å². The smallest absolute Gasteiger partial charge is 0.122 e. The quantitative estimate of drug-likeness (QED) is 0.541. The van der Waals surface area contributed by atoms with Gasteiger partial charge in [-0.2, -0.15) is 0 Å². The van der Waals surface area contributed by atoms with Crippen molar-refractivity contribution in [2.75, 3.05) is 26.2 Å². The van der Waals surface area contributed by atoms with Gasteiger partial charge in [-0.15, -0.1) is 0 Å². The molecule has 2 aromatic rings. The third-order valence-corrected chi connectivity index (χ3v) is 4.54. The molecule has 2 aromatic carbocycles. The molecule has 2 nitrogen and oxygen atoms in total. The van der Waals surface area contributed by atoms with Crippen LogP contribution in [-0.4, -0.2) is 31.1 Å². The first-order valence-corrected chi connectivity index (χ1v) is 9.30. The molecule has 0 bridgehead atoms. The van der Waals surface area contributed by atoms with E-state index in [1.165, 1.54) is 24.0 Å². The summed E-state index contributed by atoms with van der Waals surface area (Å²) < 4.78 is 6.04. The Bertz CT molecular complexity index is 563. The standard InChI is InChI=1S/C22H31NO/c1-3-23(4-2)18-19-24-22-17-11-10-16-21(22)15-9-8-14-20-12-6-5-7-13-20/h5-7,10-13,16-17H,3-4,8-9,14-15,18-19H2,1-2H3. The van der Waals surface area contributed by atoms with Gasteiger partial charge in [0.25, 0.3) is 0 Å². The highest BCUT2D eigenvalue weighted by molar-refractivity contribution is 5.33. The van der Waals surface area contributed by atoms with E-state index >= 15 is 0 Å². The molecule has 0 amide bonds. The second-order valence-corrected chi connectivity index (χ2v) is 6.18. The number of ether oxygens (including phenoxy) is 1. The normalized spacial score (nSPS) is 11.0. The van der Waals surface area contributed by atoms with Gasteiger partial charge < -0.3 is 9.64 Å². The van der Waals surface area contributed by atoms with Crippen molar-refractivity contribution in [3.05, 3.63) is 65.7 Å². The van der Waals surface area contributed by atoms with Gasteiger partial charge in [-0.05, 0) is 56.0 Å². The zero-order valence-electron chi connectivity index (χ0n) is 15.2. The van der Waals surface area contributed by atoms with Gasteiger partial charge in [0.2, 0.25) is 0 Å². The van der Waals surface area contributed by atoms with Crippen LogP contribution in [0.25, 0.3) is 0 Å². The Hall–Kier alpha value is -1.80. The van der Waals surface area contributed by atoms with Crippen LogP contribution in [0, 0.1) is 0 Å². The van der Waals surface area contributed by atoms with Crippen LogP contribution >= 0.6 is 0 Å². The van der Waals surface area contributed by atoms with Crippen LogP contribution in [0.5, 0.6) is 5.75 Å². The van der Waals surface area contributed by atoms with Gasteiger partial charge in [0.15, 0.2) is 0 Å². The fraction of sp³-hybridized carbons (Fsp3) is 0.455. The Kier molecular flexibility index (Phi) is 8.40. The Morgan fingerprint density at radius 2 is 1.46 bits per heavy atom. The monoisotopic (exact) mass is 325 g/mol. The third kappa shape index (κ3) is 6.37. The molecule has 0 N–H and O–H groups in total. The molecule has 0 unspecified atom stereocenters. The van der Waals surface area contributed by atoms with E-state index in [4.69, 9.17) is 4.74 Å². The van der Waals surface area contributed by atoms with Crippen molar-refractivity contribution in [1.82, 2.24) is 4.90 Å². The maximum absolute atomic E-state index is 6.04. The van der Waals surface area contributed by atoms with Gasteiger partial charge in [0, 0.05) is 6.54 Å². The summed E-state index contributed by atoms with van der Waals surface area (Å²) >= 11 is 0. The minimum atomic E-state index is 0.767. The zero-order valence-corrected chi connectivity index (χ0v) is 15.2. The number of hydrogen-bond acceptors (Lipinski definition) is 2. The zero-order chi connectivity index (χ0) is 17.0. The van der Waals surface area contributed by atoms with Crippen molar-refractivity contribution in [1.29, 1.82) is 0 Å². The molecule has 0 atom stereocenters. The molecule has 0 aliphatic rings. The van der Waals surface area contributed by atoms with Crippen molar-refractivity contribution in [3.63, 3.8) is 0 Å². The van der Waals surface area contributed by atoms with Crippen LogP contribution in [0.15, 0.2) is 54.6 Å². The number of para-hydroxylation sites is 1. The molecular formula is C22H31NO. The summed E-state index contributed by atoms with van der Waals surface area (Å²) in [5, 5.41) is 0. The molecular weight excluding hydrogens is 294 g/mol. The minimum Gasteiger partial charge on any atom is -0.492 e. The molecule has 0 saturated heterocycles. The van der Waals surface area contributed by atoms with Gasteiger partial charge in [0.1, 0.15) is 12.4 Å². The summed E-state index contributed by atoms with van der Waals surface area (Å²) in [5.41, 5.74) is 2.77. The van der Waals surface area contributed by atoms with Crippen LogP contribution in [0.3, 0.4) is 0 Å². The molecule has 0 aliphatic carbocycles. The van der Waals surface area contributed by atoms with E-state index in [9.17, 15) is 0 Å². The Labute approximate surface area is 147 Å².